The summed E-state index contributed by atoms with van der Waals surface area (Å²) in [6, 6.07) is 11.3. The lowest BCUT2D eigenvalue weighted by molar-refractivity contribution is -0.138. The number of pyridine rings is 1. The second-order valence-electron chi connectivity index (χ2n) is 10.1. The number of amides is 3. The van der Waals surface area contributed by atoms with Crippen LogP contribution in [0.1, 0.15) is 27.5 Å². The van der Waals surface area contributed by atoms with Gasteiger partial charge in [0.05, 0.1) is 33.4 Å². The topological polar surface area (TPSA) is 101 Å². The highest BCUT2D eigenvalue weighted by molar-refractivity contribution is 8.00. The molecule has 0 unspecified atom stereocenters. The monoisotopic (exact) mass is 664 g/mol. The molecule has 2 aromatic heterocycles. The molecule has 2 aromatic carbocycles. The van der Waals surface area contributed by atoms with Gasteiger partial charge in [0.2, 0.25) is 17.7 Å². The Kier molecular flexibility index (Phi) is 7.59. The fourth-order valence-electron chi connectivity index (χ4n) is 5.42. The molecule has 0 spiro atoms. The van der Waals surface area contributed by atoms with Gasteiger partial charge in [-0.2, -0.15) is 26.3 Å². The van der Waals surface area contributed by atoms with E-state index in [-0.39, 0.29) is 10.7 Å². The van der Waals surface area contributed by atoms with Gasteiger partial charge in [0.25, 0.3) is 0 Å². The summed E-state index contributed by atoms with van der Waals surface area (Å²) in [7, 11) is 0. The van der Waals surface area contributed by atoms with Crippen LogP contribution >= 0.6 is 23.1 Å². The van der Waals surface area contributed by atoms with E-state index in [1.54, 1.807) is 12.1 Å². The van der Waals surface area contributed by atoms with Crippen molar-refractivity contribution in [2.24, 2.45) is 5.92 Å². The Morgan fingerprint density at radius 3 is 2.36 bits per heavy atom. The molecule has 1 saturated heterocycles. The number of carbonyl (C=O) groups excluding carboxylic acids is 3. The number of hydrogen-bond donors (Lipinski definition) is 1. The lowest BCUT2D eigenvalue weighted by Crippen LogP contribution is -2.33. The number of anilines is 2. The summed E-state index contributed by atoms with van der Waals surface area (Å²) in [4.78, 5) is 58.2. The molecule has 2 aliphatic heterocycles. The van der Waals surface area contributed by atoms with E-state index in [0.29, 0.717) is 32.7 Å². The first-order chi connectivity index (χ1) is 21.3. The quantitative estimate of drug-likeness (QED) is 0.215. The number of nitrogens with one attached hydrogen (secondary N) is 1. The minimum atomic E-state index is -4.76. The van der Waals surface area contributed by atoms with E-state index in [0.717, 1.165) is 46.7 Å². The van der Waals surface area contributed by atoms with Crippen LogP contribution in [0.3, 0.4) is 0 Å². The molecule has 1 fully saturated rings. The predicted octanol–water partition coefficient (Wildman–Crippen LogP) is 5.78. The fraction of sp³-hybridized carbons (Fsp3) is 0.207. The molecule has 0 radical (unpaired) electrons. The molecule has 0 saturated carbocycles. The van der Waals surface area contributed by atoms with Gasteiger partial charge in [0.1, 0.15) is 11.8 Å². The standard InChI is InChI=1S/C29H18F6N4O4S2/c30-28(31,32)15-6-3-7-16(11-15)39-24(41)21-20(14-5-4-10-36-12-14)23-26(44-22(21)25(39)42)38(27(43)45-23)13-19(40)37-18-9-2-1-8-17(18)29(33,34)35/h1-12,20-22H,13H2,(H,37,40)/t20-,21-,22+/m0/s1. The van der Waals surface area contributed by atoms with Crippen molar-refractivity contribution in [3.8, 4) is 0 Å². The summed E-state index contributed by atoms with van der Waals surface area (Å²) in [5, 5.41) is 1.14. The van der Waals surface area contributed by atoms with Crippen LogP contribution in [0, 0.1) is 5.92 Å². The van der Waals surface area contributed by atoms with Gasteiger partial charge in [0.15, 0.2) is 0 Å². The number of rotatable bonds is 5. The first kappa shape index (κ1) is 30.6. The number of fused-ring (bicyclic) bond motifs is 2. The van der Waals surface area contributed by atoms with E-state index in [2.05, 4.69) is 10.3 Å². The largest absolute Gasteiger partial charge is 0.418 e. The fourth-order valence-corrected chi connectivity index (χ4v) is 8.20. The highest BCUT2D eigenvalue weighted by atomic mass is 32.2. The zero-order valence-corrected chi connectivity index (χ0v) is 24.1. The molecule has 1 N–H and O–H groups in total. The van der Waals surface area contributed by atoms with E-state index >= 15 is 0 Å². The summed E-state index contributed by atoms with van der Waals surface area (Å²) >= 11 is 1.51. The van der Waals surface area contributed by atoms with Crippen molar-refractivity contribution >= 4 is 52.2 Å². The van der Waals surface area contributed by atoms with Crippen LogP contribution in [0.2, 0.25) is 0 Å². The molecule has 4 heterocycles. The summed E-state index contributed by atoms with van der Waals surface area (Å²) in [5.74, 6) is -4.60. The molecule has 8 nitrogen and oxygen atoms in total. The molecule has 0 aliphatic carbocycles. The number of para-hydroxylation sites is 1. The van der Waals surface area contributed by atoms with Crippen molar-refractivity contribution < 1.29 is 40.7 Å². The van der Waals surface area contributed by atoms with Crippen molar-refractivity contribution in [1.82, 2.24) is 9.55 Å². The average Bonchev–Trinajstić information content (AvgIpc) is 3.43. The van der Waals surface area contributed by atoms with Crippen molar-refractivity contribution in [3.63, 3.8) is 0 Å². The van der Waals surface area contributed by atoms with Gasteiger partial charge in [0, 0.05) is 23.2 Å². The Morgan fingerprint density at radius 2 is 1.67 bits per heavy atom. The normalized spacial score (nSPS) is 19.8. The number of aromatic nitrogens is 2. The van der Waals surface area contributed by atoms with Crippen molar-refractivity contribution in [1.29, 1.82) is 0 Å². The summed E-state index contributed by atoms with van der Waals surface area (Å²) < 4.78 is 81.8. The highest BCUT2D eigenvalue weighted by Crippen LogP contribution is 2.54. The van der Waals surface area contributed by atoms with Crippen LogP contribution in [0.25, 0.3) is 0 Å². The van der Waals surface area contributed by atoms with E-state index in [1.807, 2.05) is 0 Å². The Morgan fingerprint density at radius 1 is 0.911 bits per heavy atom. The predicted molar refractivity (Wildman–Crippen MR) is 152 cm³/mol. The van der Waals surface area contributed by atoms with Crippen LogP contribution in [0.5, 0.6) is 0 Å². The van der Waals surface area contributed by atoms with Crippen LogP contribution < -0.4 is 15.1 Å². The molecule has 2 aliphatic rings. The van der Waals surface area contributed by atoms with E-state index in [9.17, 15) is 45.5 Å². The van der Waals surface area contributed by atoms with Gasteiger partial charge in [-0.05, 0) is 42.0 Å². The SMILES string of the molecule is O=C(Cn1c2c(sc1=O)[C@@H](c1cccnc1)[C@@H]1C(=O)N(c3cccc(C(F)(F)F)c3)C(=O)[C@@H]1S2)Nc1ccccc1C(F)(F)F. The van der Waals surface area contributed by atoms with Crippen molar-refractivity contribution in [2.75, 3.05) is 10.2 Å². The molecular formula is C29H18F6N4O4S2. The molecular weight excluding hydrogens is 646 g/mol. The smallest absolute Gasteiger partial charge is 0.324 e. The van der Waals surface area contributed by atoms with Gasteiger partial charge in [-0.1, -0.05) is 47.4 Å². The third-order valence-corrected chi connectivity index (χ3v) is 9.94. The number of halogens is 6. The lowest BCUT2D eigenvalue weighted by Gasteiger charge is -2.30. The van der Waals surface area contributed by atoms with Gasteiger partial charge < -0.3 is 5.32 Å². The summed E-state index contributed by atoms with van der Waals surface area (Å²) in [6.45, 7) is -0.708. The van der Waals surface area contributed by atoms with Crippen LogP contribution in [-0.4, -0.2) is 32.5 Å². The lowest BCUT2D eigenvalue weighted by atomic mass is 9.84. The number of carbonyl (C=O) groups is 3. The van der Waals surface area contributed by atoms with Crippen molar-refractivity contribution in [3.05, 3.63) is 104 Å². The molecule has 4 aromatic rings. The van der Waals surface area contributed by atoms with E-state index in [1.165, 1.54) is 24.5 Å². The molecule has 232 valence electrons. The number of thioether (sulfide) groups is 1. The number of imide groups is 1. The molecule has 3 atom stereocenters. The maximum absolute atomic E-state index is 13.8. The molecule has 45 heavy (non-hydrogen) atoms. The zero-order chi connectivity index (χ0) is 32.3. The molecule has 6 rings (SSSR count). The summed E-state index contributed by atoms with van der Waals surface area (Å²) in [5.41, 5.74) is -2.49. The molecule has 0 bridgehead atoms. The molecule has 16 heteroatoms. The van der Waals surface area contributed by atoms with Gasteiger partial charge in [-0.25, -0.2) is 4.90 Å². The van der Waals surface area contributed by atoms with Crippen LogP contribution in [-0.2, 0) is 33.3 Å². The Bertz CT molecular complexity index is 1890. The molecule has 3 amide bonds. The van der Waals surface area contributed by atoms with Gasteiger partial charge in [-0.15, -0.1) is 0 Å². The third-order valence-electron chi connectivity index (χ3n) is 7.33. The first-order valence-corrected chi connectivity index (χ1v) is 14.8. The minimum absolute atomic E-state index is 0.145. The Balaban J connectivity index is 1.39. The first-order valence-electron chi connectivity index (χ1n) is 13.1. The third kappa shape index (κ3) is 5.52. The second-order valence-corrected chi connectivity index (χ2v) is 12.2. The number of alkyl halides is 6. The van der Waals surface area contributed by atoms with Gasteiger partial charge in [-0.3, -0.25) is 28.7 Å². The van der Waals surface area contributed by atoms with E-state index < -0.39 is 75.4 Å². The van der Waals surface area contributed by atoms with Crippen LogP contribution in [0.15, 0.2) is 82.9 Å². The Labute approximate surface area is 257 Å². The summed E-state index contributed by atoms with van der Waals surface area (Å²) in [6.07, 6.45) is -6.60. The van der Waals surface area contributed by atoms with Crippen molar-refractivity contribution in [2.45, 2.75) is 35.1 Å². The maximum Gasteiger partial charge on any atom is 0.418 e. The number of nitrogens with zero attached hydrogens (tertiary/aromatic N) is 3. The average molecular weight is 665 g/mol. The van der Waals surface area contributed by atoms with Crippen LogP contribution in [0.4, 0.5) is 37.7 Å². The minimum Gasteiger partial charge on any atom is -0.324 e. The maximum atomic E-state index is 13.8. The van der Waals surface area contributed by atoms with E-state index in [4.69, 9.17) is 0 Å². The Hall–Kier alpha value is -4.44. The highest BCUT2D eigenvalue weighted by Gasteiger charge is 2.57. The van der Waals surface area contributed by atoms with Gasteiger partial charge >= 0.3 is 17.2 Å². The number of thiazole rings is 1. The number of benzene rings is 2. The second kappa shape index (κ2) is 11.2. The number of hydrogen-bond acceptors (Lipinski definition) is 7. The zero-order valence-electron chi connectivity index (χ0n) is 22.4.